The first-order chi connectivity index (χ1) is 11.2. The van der Waals surface area contributed by atoms with Crippen molar-refractivity contribution in [1.82, 2.24) is 0 Å². The molecule has 5 heteroatoms. The van der Waals surface area contributed by atoms with Crippen molar-refractivity contribution in [1.29, 1.82) is 0 Å². The van der Waals surface area contributed by atoms with Gasteiger partial charge in [0, 0.05) is 28.3 Å². The number of anilines is 1. The van der Waals surface area contributed by atoms with Crippen LogP contribution in [-0.4, -0.2) is 29.5 Å². The maximum Gasteiger partial charge on any atom is 0.224 e. The van der Waals surface area contributed by atoms with E-state index in [0.29, 0.717) is 18.6 Å². The zero-order valence-corrected chi connectivity index (χ0v) is 13.5. The zero-order chi connectivity index (χ0) is 16.1. The normalized spacial score (nSPS) is 14.7. The number of benzene rings is 2. The van der Waals surface area contributed by atoms with Crippen molar-refractivity contribution in [3.8, 4) is 5.75 Å². The number of hydrogen-bond acceptors (Lipinski definition) is 4. The van der Waals surface area contributed by atoms with Crippen molar-refractivity contribution >= 4 is 23.4 Å². The van der Waals surface area contributed by atoms with Crippen LogP contribution in [0, 0.1) is 0 Å². The minimum Gasteiger partial charge on any atom is -0.490 e. The van der Waals surface area contributed by atoms with Gasteiger partial charge in [-0.2, -0.15) is 0 Å². The van der Waals surface area contributed by atoms with E-state index >= 15 is 0 Å². The molecule has 0 radical (unpaired) electrons. The molecule has 3 rings (SSSR count). The summed E-state index contributed by atoms with van der Waals surface area (Å²) in [5.74, 6) is 1.36. The second kappa shape index (κ2) is 7.53. The van der Waals surface area contributed by atoms with E-state index in [1.165, 1.54) is 0 Å². The number of thioether (sulfide) groups is 1. The van der Waals surface area contributed by atoms with Gasteiger partial charge in [0.15, 0.2) is 0 Å². The monoisotopic (exact) mass is 329 g/mol. The lowest BCUT2D eigenvalue weighted by atomic mass is 10.0. The second-order valence-corrected chi connectivity index (χ2v) is 6.51. The number of amides is 1. The Morgan fingerprint density at radius 3 is 2.78 bits per heavy atom. The molecule has 1 unspecified atom stereocenters. The molecule has 1 aliphatic rings. The van der Waals surface area contributed by atoms with E-state index < -0.39 is 6.10 Å². The predicted molar refractivity (Wildman–Crippen MR) is 92.1 cm³/mol. The Morgan fingerprint density at radius 1 is 1.13 bits per heavy atom. The number of carbonyl (C=O) groups excluding carboxylic acids is 1. The molecule has 1 heterocycles. The lowest BCUT2D eigenvalue weighted by Crippen LogP contribution is -2.22. The van der Waals surface area contributed by atoms with Crippen LogP contribution in [0.5, 0.6) is 5.75 Å². The molecular formula is C18H19NO3S. The summed E-state index contributed by atoms with van der Waals surface area (Å²) in [4.78, 5) is 12.6. The van der Waals surface area contributed by atoms with Gasteiger partial charge in [-0.25, -0.2) is 0 Å². The number of nitrogens with one attached hydrogen (secondary N) is 1. The van der Waals surface area contributed by atoms with E-state index in [1.54, 1.807) is 11.8 Å². The molecule has 2 N–H and O–H groups in total. The lowest BCUT2D eigenvalue weighted by molar-refractivity contribution is -0.116. The molecule has 2 aromatic carbocycles. The van der Waals surface area contributed by atoms with Gasteiger partial charge in [-0.1, -0.05) is 24.3 Å². The number of aliphatic hydroxyl groups excluding tert-OH is 1. The van der Waals surface area contributed by atoms with Crippen LogP contribution in [0.3, 0.4) is 0 Å². The van der Waals surface area contributed by atoms with E-state index in [2.05, 4.69) is 5.32 Å². The summed E-state index contributed by atoms with van der Waals surface area (Å²) in [7, 11) is 0. The molecule has 0 aliphatic carbocycles. The fourth-order valence-corrected chi connectivity index (χ4v) is 3.30. The maximum absolute atomic E-state index is 11.4. The molecule has 1 amide bonds. The molecule has 4 nitrogen and oxygen atoms in total. The average Bonchev–Trinajstić information content (AvgIpc) is 2.58. The van der Waals surface area contributed by atoms with Gasteiger partial charge >= 0.3 is 0 Å². The molecule has 1 atom stereocenters. The van der Waals surface area contributed by atoms with Gasteiger partial charge in [-0.3, -0.25) is 4.79 Å². The highest BCUT2D eigenvalue weighted by atomic mass is 32.2. The van der Waals surface area contributed by atoms with Crippen LogP contribution < -0.4 is 10.1 Å². The maximum atomic E-state index is 11.4. The number of ether oxygens (including phenoxy) is 1. The molecule has 0 bridgehead atoms. The third-order valence-corrected chi connectivity index (χ3v) is 4.78. The largest absolute Gasteiger partial charge is 0.490 e. The molecule has 0 saturated heterocycles. The predicted octanol–water partition coefficient (Wildman–Crippen LogP) is 3.10. The van der Waals surface area contributed by atoms with Crippen molar-refractivity contribution in [3.63, 3.8) is 0 Å². The minimum atomic E-state index is -0.547. The highest BCUT2D eigenvalue weighted by Crippen LogP contribution is 2.31. The van der Waals surface area contributed by atoms with Gasteiger partial charge in [0.25, 0.3) is 0 Å². The zero-order valence-electron chi connectivity index (χ0n) is 12.7. The smallest absolute Gasteiger partial charge is 0.224 e. The third-order valence-electron chi connectivity index (χ3n) is 3.63. The Kier molecular flexibility index (Phi) is 5.20. The second-order valence-electron chi connectivity index (χ2n) is 5.42. The molecule has 2 aromatic rings. The fourth-order valence-electron chi connectivity index (χ4n) is 2.47. The highest BCUT2D eigenvalue weighted by molar-refractivity contribution is 7.99. The summed E-state index contributed by atoms with van der Waals surface area (Å²) >= 11 is 1.61. The van der Waals surface area contributed by atoms with Gasteiger partial charge in [-0.05, 0) is 30.7 Å². The van der Waals surface area contributed by atoms with Gasteiger partial charge in [0.1, 0.15) is 12.4 Å². The first kappa shape index (κ1) is 15.9. The Bertz CT molecular complexity index is 675. The van der Waals surface area contributed by atoms with Crippen molar-refractivity contribution in [3.05, 3.63) is 54.1 Å². The van der Waals surface area contributed by atoms with E-state index in [1.807, 2.05) is 48.5 Å². The van der Waals surface area contributed by atoms with Gasteiger partial charge in [0.05, 0.1) is 6.10 Å². The Hall–Kier alpha value is -1.98. The van der Waals surface area contributed by atoms with Crippen LogP contribution in [0.25, 0.3) is 0 Å². The summed E-state index contributed by atoms with van der Waals surface area (Å²) in [6.07, 6.45) is 0.598. The molecular weight excluding hydrogens is 310 g/mol. The van der Waals surface area contributed by atoms with Crippen molar-refractivity contribution in [2.45, 2.75) is 23.8 Å². The highest BCUT2D eigenvalue weighted by Gasteiger charge is 2.18. The molecule has 0 saturated carbocycles. The van der Waals surface area contributed by atoms with Crippen LogP contribution in [0.1, 0.15) is 12.0 Å². The summed E-state index contributed by atoms with van der Waals surface area (Å²) < 4.78 is 5.78. The number of aliphatic hydroxyl groups is 1. The topological polar surface area (TPSA) is 58.6 Å². The van der Waals surface area contributed by atoms with Crippen LogP contribution in [0.4, 0.5) is 5.69 Å². The van der Waals surface area contributed by atoms with E-state index in [9.17, 15) is 9.90 Å². The fraction of sp³-hybridized carbons (Fsp3) is 0.278. The summed E-state index contributed by atoms with van der Waals surface area (Å²) in [5.41, 5.74) is 1.82. The van der Waals surface area contributed by atoms with Crippen molar-refractivity contribution in [2.24, 2.45) is 0 Å². The molecule has 1 aliphatic heterocycles. The summed E-state index contributed by atoms with van der Waals surface area (Å²) in [6, 6.07) is 15.6. The van der Waals surface area contributed by atoms with E-state index in [4.69, 9.17) is 4.74 Å². The first-order valence-corrected chi connectivity index (χ1v) is 8.61. The summed E-state index contributed by atoms with van der Waals surface area (Å²) in [6.45, 7) is 0.240. The van der Waals surface area contributed by atoms with Crippen LogP contribution in [-0.2, 0) is 11.2 Å². The van der Waals surface area contributed by atoms with Gasteiger partial charge in [-0.15, -0.1) is 11.8 Å². The lowest BCUT2D eigenvalue weighted by Gasteiger charge is -2.21. The Balaban J connectivity index is 1.54. The minimum absolute atomic E-state index is 0.0361. The standard InChI is InChI=1S/C18H19NO3S/c20-13(12-23-14-5-2-1-3-6-14)11-22-17-8-4-7-16-15(17)9-10-18(21)19-16/h1-8,13,20H,9-12H2,(H,19,21). The number of hydrogen-bond donors (Lipinski definition) is 2. The molecule has 0 fully saturated rings. The van der Waals surface area contributed by atoms with Gasteiger partial charge < -0.3 is 15.2 Å². The quantitative estimate of drug-likeness (QED) is 0.800. The summed E-state index contributed by atoms with van der Waals surface area (Å²) in [5, 5.41) is 13.0. The average molecular weight is 329 g/mol. The first-order valence-electron chi connectivity index (χ1n) is 7.63. The Labute approximate surface area is 139 Å². The van der Waals surface area contributed by atoms with Crippen molar-refractivity contribution < 1.29 is 14.6 Å². The van der Waals surface area contributed by atoms with Crippen LogP contribution >= 0.6 is 11.8 Å². The SMILES string of the molecule is O=C1CCc2c(cccc2OCC(O)CSc2ccccc2)N1. The molecule has 0 aromatic heterocycles. The molecule has 0 spiro atoms. The molecule has 23 heavy (non-hydrogen) atoms. The van der Waals surface area contributed by atoms with E-state index in [-0.39, 0.29) is 12.5 Å². The number of rotatable bonds is 6. The van der Waals surface area contributed by atoms with Crippen molar-refractivity contribution in [2.75, 3.05) is 17.7 Å². The van der Waals surface area contributed by atoms with Gasteiger partial charge in [0.2, 0.25) is 5.91 Å². The third kappa shape index (κ3) is 4.27. The molecule has 120 valence electrons. The van der Waals surface area contributed by atoms with Crippen LogP contribution in [0.2, 0.25) is 0 Å². The number of carbonyl (C=O) groups is 1. The number of fused-ring (bicyclic) bond motifs is 1. The van der Waals surface area contributed by atoms with E-state index in [0.717, 1.165) is 21.9 Å². The van der Waals surface area contributed by atoms with Crippen LogP contribution in [0.15, 0.2) is 53.4 Å². The Morgan fingerprint density at radius 2 is 1.96 bits per heavy atom.